The molecule has 0 fully saturated rings. The lowest BCUT2D eigenvalue weighted by atomic mass is 10.00. The van der Waals surface area contributed by atoms with Crippen LogP contribution in [0.5, 0.6) is 0 Å². The molecular weight excluding hydrogens is 442 g/mol. The largest absolute Gasteiger partial charge is 0.384 e. The van der Waals surface area contributed by atoms with Crippen LogP contribution in [-0.2, 0) is 4.79 Å². The molecule has 0 saturated heterocycles. The number of hydrogen-bond acceptors (Lipinski definition) is 5. The fourth-order valence-corrected chi connectivity index (χ4v) is 3.74. The first-order valence-electron chi connectivity index (χ1n) is 11.5. The van der Waals surface area contributed by atoms with Gasteiger partial charge >= 0.3 is 0 Å². The van der Waals surface area contributed by atoms with E-state index in [4.69, 9.17) is 11.1 Å². The summed E-state index contributed by atoms with van der Waals surface area (Å²) in [5, 5.41) is 23.8. The average molecular weight is 474 g/mol. The van der Waals surface area contributed by atoms with Gasteiger partial charge in [0.15, 0.2) is 6.10 Å². The van der Waals surface area contributed by atoms with E-state index in [1.807, 2.05) is 18.2 Å². The molecule has 0 bridgehead atoms. The van der Waals surface area contributed by atoms with Gasteiger partial charge in [-0.15, -0.1) is 0 Å². The fraction of sp³-hybridized carbons (Fsp3) is 0.222. The van der Waals surface area contributed by atoms with Gasteiger partial charge in [-0.25, -0.2) is 0 Å². The molecule has 8 heteroatoms. The lowest BCUT2D eigenvalue weighted by Gasteiger charge is -2.25. The molecule has 0 saturated carbocycles. The van der Waals surface area contributed by atoms with E-state index in [1.165, 1.54) is 0 Å². The van der Waals surface area contributed by atoms with E-state index < -0.39 is 24.0 Å². The van der Waals surface area contributed by atoms with Crippen molar-refractivity contribution in [1.82, 2.24) is 5.32 Å². The normalized spacial score (nSPS) is 12.3. The highest BCUT2D eigenvalue weighted by molar-refractivity contribution is 5.98. The lowest BCUT2D eigenvalue weighted by Crippen LogP contribution is -2.42. The molecule has 6 N–H and O–H groups in total. The summed E-state index contributed by atoms with van der Waals surface area (Å²) >= 11 is 0. The third-order valence-electron chi connectivity index (χ3n) is 5.75. The van der Waals surface area contributed by atoms with Gasteiger partial charge in [0.25, 0.3) is 11.8 Å². The van der Waals surface area contributed by atoms with E-state index in [1.54, 1.807) is 60.7 Å². The van der Waals surface area contributed by atoms with Crippen LogP contribution in [0.4, 0.5) is 11.4 Å². The van der Waals surface area contributed by atoms with Crippen LogP contribution in [0.25, 0.3) is 0 Å². The van der Waals surface area contributed by atoms with Crippen molar-refractivity contribution in [2.75, 3.05) is 23.3 Å². The van der Waals surface area contributed by atoms with E-state index >= 15 is 0 Å². The third kappa shape index (κ3) is 6.45. The van der Waals surface area contributed by atoms with E-state index in [-0.39, 0.29) is 5.84 Å². The zero-order valence-electron chi connectivity index (χ0n) is 19.9. The lowest BCUT2D eigenvalue weighted by molar-refractivity contribution is -0.125. The Hall–Kier alpha value is -4.17. The predicted molar refractivity (Wildman–Crippen MR) is 139 cm³/mol. The maximum atomic E-state index is 13.0. The number of carbonyl (C=O) groups is 2. The summed E-state index contributed by atoms with van der Waals surface area (Å²) in [5.74, 6) is -1.16. The zero-order chi connectivity index (χ0) is 25.4. The average Bonchev–Trinajstić information content (AvgIpc) is 2.88. The minimum absolute atomic E-state index is 0.0834. The molecule has 8 nitrogen and oxygen atoms in total. The molecule has 2 unspecified atom stereocenters. The Morgan fingerprint density at radius 1 is 0.914 bits per heavy atom. The van der Waals surface area contributed by atoms with E-state index in [0.29, 0.717) is 22.4 Å². The van der Waals surface area contributed by atoms with Crippen molar-refractivity contribution in [1.29, 1.82) is 5.41 Å². The van der Waals surface area contributed by atoms with Crippen LogP contribution in [0.1, 0.15) is 41.4 Å². The van der Waals surface area contributed by atoms with Crippen LogP contribution in [0, 0.1) is 5.41 Å². The fourth-order valence-electron chi connectivity index (χ4n) is 3.74. The highest BCUT2D eigenvalue weighted by atomic mass is 16.3. The molecule has 3 aromatic rings. The molecule has 3 rings (SSSR count). The first-order chi connectivity index (χ1) is 16.8. The number of aliphatic hydroxyl groups is 1. The summed E-state index contributed by atoms with van der Waals surface area (Å²) in [4.78, 5) is 28.1. The van der Waals surface area contributed by atoms with E-state index in [0.717, 1.165) is 18.8 Å². The second-order valence-electron chi connectivity index (χ2n) is 8.01. The number of carbonyl (C=O) groups excluding carboxylic acids is 2. The maximum absolute atomic E-state index is 13.0. The van der Waals surface area contributed by atoms with Crippen molar-refractivity contribution in [2.24, 2.45) is 5.73 Å². The van der Waals surface area contributed by atoms with Gasteiger partial charge in [0.05, 0.1) is 6.04 Å². The van der Waals surface area contributed by atoms with Gasteiger partial charge in [-0.3, -0.25) is 15.0 Å². The molecule has 35 heavy (non-hydrogen) atoms. The van der Waals surface area contributed by atoms with Crippen LogP contribution in [0.3, 0.4) is 0 Å². The van der Waals surface area contributed by atoms with Gasteiger partial charge in [-0.1, -0.05) is 30.3 Å². The monoisotopic (exact) mass is 473 g/mol. The Labute approximate surface area is 205 Å². The number of aliphatic hydroxyl groups excluding tert-OH is 1. The number of hydrogen-bond donors (Lipinski definition) is 5. The maximum Gasteiger partial charge on any atom is 0.255 e. The molecule has 0 spiro atoms. The Morgan fingerprint density at radius 3 is 2.03 bits per heavy atom. The Morgan fingerprint density at radius 2 is 1.49 bits per heavy atom. The number of anilines is 2. The van der Waals surface area contributed by atoms with Crippen molar-refractivity contribution in [3.05, 3.63) is 95.6 Å². The number of rotatable bonds is 10. The van der Waals surface area contributed by atoms with Crippen LogP contribution in [-0.4, -0.2) is 41.9 Å². The smallest absolute Gasteiger partial charge is 0.255 e. The van der Waals surface area contributed by atoms with Gasteiger partial charge < -0.3 is 26.4 Å². The Kier molecular flexibility index (Phi) is 8.58. The minimum Gasteiger partial charge on any atom is -0.384 e. The number of amidine groups is 1. The Bertz CT molecular complexity index is 1140. The Balaban J connectivity index is 1.78. The summed E-state index contributed by atoms with van der Waals surface area (Å²) in [6, 6.07) is 21.5. The molecule has 2 amide bonds. The quantitative estimate of drug-likeness (QED) is 0.228. The zero-order valence-corrected chi connectivity index (χ0v) is 19.9. The van der Waals surface area contributed by atoms with Crippen LogP contribution in [0.15, 0.2) is 78.9 Å². The standard InChI is InChI=1S/C27H31N5O3/c1-3-32(4-2)22-16-12-20(13-17-22)26(34)31-23(18-8-6-5-7-9-18)24(33)27(35)30-21-14-10-19(11-15-21)25(28)29/h5-17,23-24,33H,3-4H2,1-2H3,(H3,28,29)(H,30,35)(H,31,34). The van der Waals surface area contributed by atoms with Crippen LogP contribution in [0.2, 0.25) is 0 Å². The van der Waals surface area contributed by atoms with Gasteiger partial charge in [-0.2, -0.15) is 0 Å². The summed E-state index contributed by atoms with van der Waals surface area (Å²) in [7, 11) is 0. The van der Waals surface area contributed by atoms with Crippen LogP contribution >= 0.6 is 0 Å². The van der Waals surface area contributed by atoms with E-state index in [2.05, 4.69) is 29.4 Å². The number of amides is 2. The van der Waals surface area contributed by atoms with Gasteiger partial charge in [0.2, 0.25) is 0 Å². The first kappa shape index (κ1) is 25.5. The summed E-state index contributed by atoms with van der Waals surface area (Å²) in [6.45, 7) is 5.85. The number of nitrogen functional groups attached to an aromatic ring is 1. The second kappa shape index (κ2) is 11.8. The highest BCUT2D eigenvalue weighted by Gasteiger charge is 2.29. The number of benzene rings is 3. The number of nitrogens with zero attached hydrogens (tertiary/aromatic N) is 1. The SMILES string of the molecule is CCN(CC)c1ccc(C(=O)NC(c2ccccc2)C(O)C(=O)Nc2ccc(C(=N)N)cc2)cc1. The molecule has 0 aliphatic carbocycles. The summed E-state index contributed by atoms with van der Waals surface area (Å²) in [6.07, 6.45) is -1.55. The van der Waals surface area contributed by atoms with Crippen molar-refractivity contribution in [3.8, 4) is 0 Å². The van der Waals surface area contributed by atoms with Crippen molar-refractivity contribution < 1.29 is 14.7 Å². The molecular formula is C27H31N5O3. The van der Waals surface area contributed by atoms with Crippen molar-refractivity contribution >= 4 is 29.0 Å². The summed E-state index contributed by atoms with van der Waals surface area (Å²) < 4.78 is 0. The second-order valence-corrected chi connectivity index (χ2v) is 8.01. The van der Waals surface area contributed by atoms with E-state index in [9.17, 15) is 14.7 Å². The molecule has 0 radical (unpaired) electrons. The molecule has 0 heterocycles. The third-order valence-corrected chi connectivity index (χ3v) is 5.75. The highest BCUT2D eigenvalue weighted by Crippen LogP contribution is 2.21. The molecule has 3 aromatic carbocycles. The molecule has 2 atom stereocenters. The predicted octanol–water partition coefficient (Wildman–Crippen LogP) is 3.29. The van der Waals surface area contributed by atoms with Gasteiger partial charge in [-0.05, 0) is 67.9 Å². The van der Waals surface area contributed by atoms with Gasteiger partial charge in [0, 0.05) is 35.6 Å². The molecule has 182 valence electrons. The first-order valence-corrected chi connectivity index (χ1v) is 11.5. The summed E-state index contributed by atoms with van der Waals surface area (Å²) in [5.41, 5.74) is 8.45. The topological polar surface area (TPSA) is 132 Å². The molecule has 0 aliphatic rings. The number of nitrogens with one attached hydrogen (secondary N) is 3. The number of nitrogens with two attached hydrogens (primary N) is 1. The minimum atomic E-state index is -1.55. The van der Waals surface area contributed by atoms with Crippen LogP contribution < -0.4 is 21.3 Å². The van der Waals surface area contributed by atoms with Crippen molar-refractivity contribution in [3.63, 3.8) is 0 Å². The van der Waals surface area contributed by atoms with Gasteiger partial charge in [0.1, 0.15) is 5.84 Å². The van der Waals surface area contributed by atoms with Crippen molar-refractivity contribution in [2.45, 2.75) is 26.0 Å². The molecule has 0 aromatic heterocycles. The molecule has 0 aliphatic heterocycles.